The zero-order chi connectivity index (χ0) is 12.0. The highest BCUT2D eigenvalue weighted by Crippen LogP contribution is 2.16. The highest BCUT2D eigenvalue weighted by Gasteiger charge is 1.99. The van der Waals surface area contributed by atoms with E-state index in [0.29, 0.717) is 6.04 Å². The number of benzene rings is 1. The zero-order valence-corrected chi connectivity index (χ0v) is 10.4. The first kappa shape index (κ1) is 13.2. The Morgan fingerprint density at radius 2 is 2.25 bits per heavy atom. The summed E-state index contributed by atoms with van der Waals surface area (Å²) in [5, 5.41) is 3.50. The van der Waals surface area contributed by atoms with Gasteiger partial charge >= 0.3 is 0 Å². The molecule has 1 unspecified atom stereocenters. The van der Waals surface area contributed by atoms with Gasteiger partial charge in [0.15, 0.2) is 0 Å². The highest BCUT2D eigenvalue weighted by molar-refractivity contribution is 6.30. The van der Waals surface area contributed by atoms with E-state index in [4.69, 9.17) is 11.6 Å². The maximum atomic E-state index is 12.9. The SMILES string of the molecule is CCCNC(C)/C=C/c1ccc(F)c(Cl)c1. The third-order valence-corrected chi connectivity index (χ3v) is 2.53. The summed E-state index contributed by atoms with van der Waals surface area (Å²) in [6.07, 6.45) is 5.10. The van der Waals surface area contributed by atoms with Gasteiger partial charge in [-0.15, -0.1) is 0 Å². The molecule has 1 nitrogen and oxygen atoms in total. The second-order valence-corrected chi connectivity index (χ2v) is 4.18. The van der Waals surface area contributed by atoms with Crippen LogP contribution in [0.2, 0.25) is 5.02 Å². The first-order valence-corrected chi connectivity index (χ1v) is 5.88. The zero-order valence-electron chi connectivity index (χ0n) is 9.63. The van der Waals surface area contributed by atoms with Crippen molar-refractivity contribution in [1.29, 1.82) is 0 Å². The molecule has 0 aromatic heterocycles. The largest absolute Gasteiger partial charge is 0.311 e. The van der Waals surface area contributed by atoms with Gasteiger partial charge in [-0.05, 0) is 37.6 Å². The van der Waals surface area contributed by atoms with Crippen molar-refractivity contribution in [3.05, 3.63) is 40.7 Å². The summed E-state index contributed by atoms with van der Waals surface area (Å²) in [6, 6.07) is 5.03. The summed E-state index contributed by atoms with van der Waals surface area (Å²) in [7, 11) is 0. The van der Waals surface area contributed by atoms with Crippen molar-refractivity contribution in [2.24, 2.45) is 0 Å². The normalized spacial score (nSPS) is 13.2. The Balaban J connectivity index is 2.58. The van der Waals surface area contributed by atoms with Gasteiger partial charge in [0.05, 0.1) is 5.02 Å². The molecule has 3 heteroatoms. The van der Waals surface area contributed by atoms with E-state index in [2.05, 4.69) is 19.2 Å². The minimum atomic E-state index is -0.379. The van der Waals surface area contributed by atoms with Gasteiger partial charge in [-0.1, -0.05) is 36.7 Å². The molecule has 16 heavy (non-hydrogen) atoms. The molecule has 0 radical (unpaired) electrons. The Kier molecular flexibility index (Phi) is 5.50. The second kappa shape index (κ2) is 6.66. The molecule has 1 rings (SSSR count). The first-order chi connectivity index (χ1) is 7.63. The summed E-state index contributed by atoms with van der Waals surface area (Å²) in [4.78, 5) is 0. The van der Waals surface area contributed by atoms with Crippen molar-refractivity contribution >= 4 is 17.7 Å². The fourth-order valence-electron chi connectivity index (χ4n) is 1.31. The maximum Gasteiger partial charge on any atom is 0.141 e. The van der Waals surface area contributed by atoms with E-state index in [-0.39, 0.29) is 10.8 Å². The van der Waals surface area contributed by atoms with Crippen LogP contribution in [0.5, 0.6) is 0 Å². The van der Waals surface area contributed by atoms with E-state index in [1.807, 2.05) is 12.2 Å². The van der Waals surface area contributed by atoms with Crippen LogP contribution in [-0.4, -0.2) is 12.6 Å². The molecule has 0 saturated carbocycles. The molecule has 0 aliphatic rings. The van der Waals surface area contributed by atoms with Crippen LogP contribution >= 0.6 is 11.6 Å². The molecule has 0 aliphatic heterocycles. The molecule has 1 atom stereocenters. The molecule has 0 saturated heterocycles. The number of hydrogen-bond acceptors (Lipinski definition) is 1. The average Bonchev–Trinajstić information content (AvgIpc) is 2.28. The van der Waals surface area contributed by atoms with E-state index in [1.165, 1.54) is 6.07 Å². The third-order valence-electron chi connectivity index (χ3n) is 2.24. The molecule has 1 aromatic carbocycles. The molecule has 0 amide bonds. The molecular weight excluding hydrogens is 225 g/mol. The Hall–Kier alpha value is -0.860. The Morgan fingerprint density at radius 3 is 2.88 bits per heavy atom. The molecule has 0 fully saturated rings. The average molecular weight is 242 g/mol. The molecule has 0 heterocycles. The summed E-state index contributed by atoms with van der Waals surface area (Å²) < 4.78 is 12.9. The van der Waals surface area contributed by atoms with Crippen molar-refractivity contribution in [2.45, 2.75) is 26.3 Å². The van der Waals surface area contributed by atoms with Crippen molar-refractivity contribution in [2.75, 3.05) is 6.54 Å². The van der Waals surface area contributed by atoms with E-state index >= 15 is 0 Å². The van der Waals surface area contributed by atoms with Gasteiger partial charge in [0.1, 0.15) is 5.82 Å². The molecule has 0 aliphatic carbocycles. The predicted molar refractivity (Wildman–Crippen MR) is 68.2 cm³/mol. The van der Waals surface area contributed by atoms with Crippen molar-refractivity contribution < 1.29 is 4.39 Å². The molecule has 1 N–H and O–H groups in total. The Morgan fingerprint density at radius 1 is 1.50 bits per heavy atom. The topological polar surface area (TPSA) is 12.0 Å². The van der Waals surface area contributed by atoms with Crippen molar-refractivity contribution in [3.63, 3.8) is 0 Å². The predicted octanol–water partition coefficient (Wildman–Crippen LogP) is 3.88. The van der Waals surface area contributed by atoms with E-state index in [0.717, 1.165) is 18.5 Å². The Labute approximate surface area is 101 Å². The second-order valence-electron chi connectivity index (χ2n) is 3.78. The Bertz CT molecular complexity index is 363. The number of halogens is 2. The fraction of sp³-hybridized carbons (Fsp3) is 0.385. The third kappa shape index (κ3) is 4.33. The number of nitrogens with one attached hydrogen (secondary N) is 1. The van der Waals surface area contributed by atoms with Crippen LogP contribution in [0.4, 0.5) is 4.39 Å². The summed E-state index contributed by atoms with van der Waals surface area (Å²) in [5.41, 5.74) is 0.913. The number of hydrogen-bond donors (Lipinski definition) is 1. The smallest absolute Gasteiger partial charge is 0.141 e. The molecule has 0 spiro atoms. The minimum absolute atomic E-state index is 0.163. The van der Waals surface area contributed by atoms with Gasteiger partial charge in [0, 0.05) is 6.04 Å². The summed E-state index contributed by atoms with van der Waals surface area (Å²) in [6.45, 7) is 5.20. The van der Waals surface area contributed by atoms with Crippen LogP contribution in [0.3, 0.4) is 0 Å². The van der Waals surface area contributed by atoms with Crippen LogP contribution in [0, 0.1) is 5.82 Å². The van der Waals surface area contributed by atoms with E-state index in [9.17, 15) is 4.39 Å². The van der Waals surface area contributed by atoms with E-state index in [1.54, 1.807) is 12.1 Å². The lowest BCUT2D eigenvalue weighted by atomic mass is 10.2. The van der Waals surface area contributed by atoms with Crippen LogP contribution in [0.25, 0.3) is 6.08 Å². The van der Waals surface area contributed by atoms with Gasteiger partial charge < -0.3 is 5.32 Å². The molecule has 88 valence electrons. The van der Waals surface area contributed by atoms with Gasteiger partial charge in [-0.2, -0.15) is 0 Å². The van der Waals surface area contributed by atoms with Gasteiger partial charge in [0.25, 0.3) is 0 Å². The standard InChI is InChI=1S/C13H17ClFN/c1-3-8-16-10(2)4-5-11-6-7-13(15)12(14)9-11/h4-7,9-10,16H,3,8H2,1-2H3/b5-4+. The van der Waals surface area contributed by atoms with Gasteiger partial charge in [-0.3, -0.25) is 0 Å². The lowest BCUT2D eigenvalue weighted by Gasteiger charge is -2.07. The van der Waals surface area contributed by atoms with Crippen LogP contribution in [0.15, 0.2) is 24.3 Å². The van der Waals surface area contributed by atoms with E-state index < -0.39 is 0 Å². The molecule has 0 bridgehead atoms. The quantitative estimate of drug-likeness (QED) is 0.825. The summed E-state index contributed by atoms with van der Waals surface area (Å²) in [5.74, 6) is -0.379. The fourth-order valence-corrected chi connectivity index (χ4v) is 1.50. The maximum absolute atomic E-state index is 12.9. The highest BCUT2D eigenvalue weighted by atomic mass is 35.5. The first-order valence-electron chi connectivity index (χ1n) is 5.50. The van der Waals surface area contributed by atoms with Gasteiger partial charge in [0.2, 0.25) is 0 Å². The van der Waals surface area contributed by atoms with Crippen LogP contribution < -0.4 is 5.32 Å². The lowest BCUT2D eigenvalue weighted by molar-refractivity contribution is 0.625. The van der Waals surface area contributed by atoms with Crippen LogP contribution in [-0.2, 0) is 0 Å². The van der Waals surface area contributed by atoms with Crippen molar-refractivity contribution in [1.82, 2.24) is 5.32 Å². The van der Waals surface area contributed by atoms with Crippen molar-refractivity contribution in [3.8, 4) is 0 Å². The van der Waals surface area contributed by atoms with Gasteiger partial charge in [-0.25, -0.2) is 4.39 Å². The molecule has 1 aromatic rings. The number of rotatable bonds is 5. The monoisotopic (exact) mass is 241 g/mol. The minimum Gasteiger partial charge on any atom is -0.311 e. The summed E-state index contributed by atoms with van der Waals surface area (Å²) >= 11 is 5.69. The molecular formula is C13H17ClFN. The lowest BCUT2D eigenvalue weighted by Crippen LogP contribution is -2.24. The van der Waals surface area contributed by atoms with Crippen LogP contribution in [0.1, 0.15) is 25.8 Å².